The minimum Gasteiger partial charge on any atom is -0.289 e. The van der Waals surface area contributed by atoms with Crippen LogP contribution in [0.4, 0.5) is 0 Å². The summed E-state index contributed by atoms with van der Waals surface area (Å²) >= 11 is 0. The summed E-state index contributed by atoms with van der Waals surface area (Å²) in [6.07, 6.45) is 3.36. The topological polar surface area (TPSA) is 92.8 Å². The van der Waals surface area contributed by atoms with Gasteiger partial charge in [0.25, 0.3) is 0 Å². The van der Waals surface area contributed by atoms with Crippen LogP contribution in [0, 0.1) is 0 Å². The summed E-state index contributed by atoms with van der Waals surface area (Å²) in [4.78, 5) is 14.6. The van der Waals surface area contributed by atoms with Crippen molar-refractivity contribution in [2.45, 2.75) is 18.9 Å². The number of aromatic amines is 1. The lowest BCUT2D eigenvalue weighted by Crippen LogP contribution is -2.40. The largest absolute Gasteiger partial charge is 0.327 e. The second kappa shape index (κ2) is 3.94. The number of aromatic nitrogens is 4. The third kappa shape index (κ3) is 1.73. The number of hydrogen-bond donors (Lipinski definition) is 2. The molecule has 0 unspecified atom stereocenters. The molecule has 2 aromatic heterocycles. The van der Waals surface area contributed by atoms with Crippen LogP contribution in [0.5, 0.6) is 0 Å². The Morgan fingerprint density at radius 2 is 2.18 bits per heavy atom. The molecule has 1 aliphatic heterocycles. The Hall–Kier alpha value is -1.73. The normalized spacial score (nSPS) is 18.9. The molecule has 0 radical (unpaired) electrons. The molecule has 1 fully saturated rings. The fourth-order valence-electron chi connectivity index (χ4n) is 2.39. The Labute approximate surface area is 97.2 Å². The molecular formula is C10H14N6O. The van der Waals surface area contributed by atoms with Crippen molar-refractivity contribution in [3.8, 4) is 0 Å². The minimum absolute atomic E-state index is 0.115. The van der Waals surface area contributed by atoms with Gasteiger partial charge in [-0.2, -0.15) is 5.10 Å². The Bertz CT molecular complexity index is 580. The van der Waals surface area contributed by atoms with Gasteiger partial charge in [-0.05, 0) is 18.9 Å². The zero-order valence-corrected chi connectivity index (χ0v) is 9.33. The molecule has 0 amide bonds. The number of imidazole rings is 1. The van der Waals surface area contributed by atoms with E-state index in [1.54, 1.807) is 15.8 Å². The lowest BCUT2D eigenvalue weighted by Gasteiger charge is -2.29. The number of nitrogens with two attached hydrogens (primary N) is 1. The Morgan fingerprint density at radius 1 is 1.41 bits per heavy atom. The summed E-state index contributed by atoms with van der Waals surface area (Å²) in [5.41, 5.74) is 1.25. The summed E-state index contributed by atoms with van der Waals surface area (Å²) in [5, 5.41) is 9.46. The molecule has 7 nitrogen and oxygen atoms in total. The van der Waals surface area contributed by atoms with E-state index in [2.05, 4.69) is 15.2 Å². The van der Waals surface area contributed by atoms with Crippen LogP contribution in [-0.2, 0) is 0 Å². The van der Waals surface area contributed by atoms with Gasteiger partial charge in [-0.3, -0.25) is 15.4 Å². The number of H-pyrrole nitrogens is 1. The smallest absolute Gasteiger partial charge is 0.289 e. The Morgan fingerprint density at radius 3 is 2.94 bits per heavy atom. The first-order chi connectivity index (χ1) is 8.25. The van der Waals surface area contributed by atoms with Crippen LogP contribution in [-0.4, -0.2) is 37.8 Å². The Kier molecular flexibility index (Phi) is 2.41. The van der Waals surface area contributed by atoms with Crippen LogP contribution in [0.25, 0.3) is 11.2 Å². The SMILES string of the molecule is NN1CCC(n2c(=O)[nH]c3nnccc32)CC1. The monoisotopic (exact) mass is 234 g/mol. The van der Waals surface area contributed by atoms with E-state index >= 15 is 0 Å². The van der Waals surface area contributed by atoms with Crippen LogP contribution < -0.4 is 11.5 Å². The molecule has 1 saturated heterocycles. The number of fused-ring (bicyclic) bond motifs is 1. The van der Waals surface area contributed by atoms with Crippen molar-refractivity contribution in [1.29, 1.82) is 0 Å². The van der Waals surface area contributed by atoms with Gasteiger partial charge in [-0.1, -0.05) is 0 Å². The highest BCUT2D eigenvalue weighted by Gasteiger charge is 2.22. The van der Waals surface area contributed by atoms with Crippen molar-refractivity contribution in [3.63, 3.8) is 0 Å². The van der Waals surface area contributed by atoms with Crippen molar-refractivity contribution >= 4 is 11.2 Å². The summed E-state index contributed by atoms with van der Waals surface area (Å²) in [5.74, 6) is 5.72. The molecule has 17 heavy (non-hydrogen) atoms. The molecule has 3 rings (SSSR count). The van der Waals surface area contributed by atoms with Crippen LogP contribution in [0.3, 0.4) is 0 Å². The van der Waals surface area contributed by atoms with Crippen LogP contribution >= 0.6 is 0 Å². The van der Waals surface area contributed by atoms with E-state index in [1.165, 1.54) is 0 Å². The predicted molar refractivity (Wildman–Crippen MR) is 62.2 cm³/mol. The molecule has 0 aliphatic carbocycles. The third-order valence-electron chi connectivity index (χ3n) is 3.27. The van der Waals surface area contributed by atoms with Gasteiger partial charge in [0.2, 0.25) is 0 Å². The molecule has 3 heterocycles. The maximum absolute atomic E-state index is 11.9. The fraction of sp³-hybridized carbons (Fsp3) is 0.500. The molecule has 0 spiro atoms. The fourth-order valence-corrected chi connectivity index (χ4v) is 2.39. The maximum atomic E-state index is 11.9. The number of hydrazine groups is 1. The molecule has 3 N–H and O–H groups in total. The van der Waals surface area contributed by atoms with Gasteiger partial charge in [0, 0.05) is 19.1 Å². The van der Waals surface area contributed by atoms with Crippen LogP contribution in [0.1, 0.15) is 18.9 Å². The summed E-state index contributed by atoms with van der Waals surface area (Å²) in [7, 11) is 0. The van der Waals surface area contributed by atoms with Gasteiger partial charge in [-0.15, -0.1) is 5.10 Å². The highest BCUT2D eigenvalue weighted by molar-refractivity contribution is 5.69. The van der Waals surface area contributed by atoms with Gasteiger partial charge in [-0.25, -0.2) is 9.80 Å². The van der Waals surface area contributed by atoms with Gasteiger partial charge < -0.3 is 0 Å². The highest BCUT2D eigenvalue weighted by Crippen LogP contribution is 2.22. The van der Waals surface area contributed by atoms with E-state index in [-0.39, 0.29) is 11.7 Å². The van der Waals surface area contributed by atoms with E-state index in [9.17, 15) is 4.79 Å². The highest BCUT2D eigenvalue weighted by atomic mass is 16.1. The van der Waals surface area contributed by atoms with E-state index in [0.717, 1.165) is 31.4 Å². The molecule has 0 saturated carbocycles. The first kappa shape index (κ1) is 10.4. The van der Waals surface area contributed by atoms with Crippen molar-refractivity contribution < 1.29 is 0 Å². The molecular weight excluding hydrogens is 220 g/mol. The zero-order valence-electron chi connectivity index (χ0n) is 9.33. The number of nitrogens with zero attached hydrogens (tertiary/aromatic N) is 4. The lowest BCUT2D eigenvalue weighted by atomic mass is 10.1. The third-order valence-corrected chi connectivity index (χ3v) is 3.27. The van der Waals surface area contributed by atoms with Gasteiger partial charge in [0.05, 0.1) is 11.7 Å². The van der Waals surface area contributed by atoms with Crippen molar-refractivity contribution in [2.75, 3.05) is 13.1 Å². The maximum Gasteiger partial charge on any atom is 0.327 e. The average Bonchev–Trinajstić information content (AvgIpc) is 2.66. The number of piperidine rings is 1. The molecule has 0 bridgehead atoms. The van der Waals surface area contributed by atoms with Crippen LogP contribution in [0.2, 0.25) is 0 Å². The molecule has 1 aliphatic rings. The average molecular weight is 234 g/mol. The second-order valence-corrected chi connectivity index (χ2v) is 4.33. The van der Waals surface area contributed by atoms with Gasteiger partial charge in [0.1, 0.15) is 0 Å². The lowest BCUT2D eigenvalue weighted by molar-refractivity contribution is 0.190. The Balaban J connectivity index is 2.05. The van der Waals surface area contributed by atoms with Gasteiger partial charge >= 0.3 is 5.69 Å². The second-order valence-electron chi connectivity index (χ2n) is 4.33. The molecule has 7 heteroatoms. The van der Waals surface area contributed by atoms with Crippen LogP contribution in [0.15, 0.2) is 17.1 Å². The van der Waals surface area contributed by atoms with Crippen molar-refractivity contribution in [1.82, 2.24) is 24.8 Å². The molecule has 0 atom stereocenters. The first-order valence-corrected chi connectivity index (χ1v) is 5.67. The standard InChI is InChI=1S/C10H14N6O/c11-15-5-2-7(3-6-15)16-8-1-4-12-14-9(8)13-10(16)17/h1,4,7H,2-3,5-6,11H2,(H,13,14,17). The number of hydrogen-bond acceptors (Lipinski definition) is 5. The van der Waals surface area contributed by atoms with Crippen molar-refractivity contribution in [3.05, 3.63) is 22.7 Å². The molecule has 0 aromatic carbocycles. The van der Waals surface area contributed by atoms with E-state index in [0.29, 0.717) is 5.65 Å². The summed E-state index contributed by atoms with van der Waals surface area (Å²) in [6.45, 7) is 1.62. The first-order valence-electron chi connectivity index (χ1n) is 5.67. The van der Waals surface area contributed by atoms with E-state index in [4.69, 9.17) is 5.84 Å². The van der Waals surface area contributed by atoms with E-state index < -0.39 is 0 Å². The van der Waals surface area contributed by atoms with Gasteiger partial charge in [0.15, 0.2) is 5.65 Å². The zero-order chi connectivity index (χ0) is 11.8. The molecule has 2 aromatic rings. The van der Waals surface area contributed by atoms with Crippen molar-refractivity contribution in [2.24, 2.45) is 5.84 Å². The number of rotatable bonds is 1. The quantitative estimate of drug-likeness (QED) is 0.657. The predicted octanol–water partition coefficient (Wildman–Crippen LogP) is -0.370. The van der Waals surface area contributed by atoms with E-state index in [1.807, 2.05) is 6.07 Å². The minimum atomic E-state index is -0.115. The summed E-state index contributed by atoms with van der Waals surface area (Å²) in [6, 6.07) is 2.01. The molecule has 90 valence electrons. The summed E-state index contributed by atoms with van der Waals surface area (Å²) < 4.78 is 1.77. The number of nitrogens with one attached hydrogen (secondary N) is 1.